The van der Waals surface area contributed by atoms with Crippen LogP contribution in [0.3, 0.4) is 0 Å². The van der Waals surface area contributed by atoms with E-state index in [2.05, 4.69) is 57.0 Å². The van der Waals surface area contributed by atoms with Crippen LogP contribution < -0.4 is 10.5 Å². The van der Waals surface area contributed by atoms with Gasteiger partial charge in [-0.25, -0.2) is 0 Å². The Labute approximate surface area is 136 Å². The summed E-state index contributed by atoms with van der Waals surface area (Å²) < 4.78 is 7.48. The molecule has 0 saturated heterocycles. The molecule has 2 nitrogen and oxygen atoms in total. The van der Waals surface area contributed by atoms with Crippen molar-refractivity contribution in [2.24, 2.45) is 5.73 Å². The van der Waals surface area contributed by atoms with Crippen molar-refractivity contribution < 1.29 is 4.74 Å². The Morgan fingerprint density at radius 2 is 1.90 bits per heavy atom. The second-order valence-electron chi connectivity index (χ2n) is 4.79. The molecule has 0 aliphatic carbocycles. The first-order chi connectivity index (χ1) is 9.51. The van der Waals surface area contributed by atoms with Gasteiger partial charge in [0.2, 0.25) is 0 Å². The molecule has 0 heterocycles. The lowest BCUT2D eigenvalue weighted by molar-refractivity contribution is 0.408. The number of benzene rings is 2. The van der Waals surface area contributed by atoms with Crippen LogP contribution in [-0.4, -0.2) is 7.11 Å². The van der Waals surface area contributed by atoms with E-state index in [1.807, 2.05) is 18.2 Å². The number of ether oxygens (including phenoxy) is 1. The van der Waals surface area contributed by atoms with Crippen molar-refractivity contribution in [2.45, 2.75) is 19.4 Å². The molecule has 0 radical (unpaired) electrons. The molecule has 20 heavy (non-hydrogen) atoms. The third-order valence-corrected chi connectivity index (χ3v) is 4.45. The summed E-state index contributed by atoms with van der Waals surface area (Å²) in [6.07, 6.45) is 0.727. The van der Waals surface area contributed by atoms with Crippen molar-refractivity contribution in [3.05, 3.63) is 62.0 Å². The lowest BCUT2D eigenvalue weighted by Crippen LogP contribution is -2.14. The van der Waals surface area contributed by atoms with Gasteiger partial charge in [-0.05, 0) is 48.7 Å². The van der Waals surface area contributed by atoms with Crippen molar-refractivity contribution in [3.63, 3.8) is 0 Å². The first kappa shape index (κ1) is 15.5. The molecule has 0 bridgehead atoms. The van der Waals surface area contributed by atoms with Crippen LogP contribution >= 0.6 is 31.9 Å². The largest absolute Gasteiger partial charge is 0.496 e. The number of hydrogen-bond donors (Lipinski definition) is 1. The van der Waals surface area contributed by atoms with Gasteiger partial charge in [0.05, 0.1) is 7.11 Å². The molecule has 0 amide bonds. The number of hydrogen-bond acceptors (Lipinski definition) is 2. The fraction of sp³-hybridized carbons (Fsp3) is 0.250. The lowest BCUT2D eigenvalue weighted by atomic mass is 9.98. The maximum absolute atomic E-state index is 6.37. The third-order valence-electron chi connectivity index (χ3n) is 3.23. The average molecular weight is 399 g/mol. The quantitative estimate of drug-likeness (QED) is 0.804. The van der Waals surface area contributed by atoms with Gasteiger partial charge in [0.1, 0.15) is 5.75 Å². The smallest absolute Gasteiger partial charge is 0.122 e. The normalized spacial score (nSPS) is 12.2. The van der Waals surface area contributed by atoms with E-state index in [4.69, 9.17) is 10.5 Å². The maximum Gasteiger partial charge on any atom is 0.122 e. The van der Waals surface area contributed by atoms with Crippen molar-refractivity contribution in [3.8, 4) is 5.75 Å². The van der Waals surface area contributed by atoms with Gasteiger partial charge < -0.3 is 10.5 Å². The van der Waals surface area contributed by atoms with Crippen LogP contribution in [0.25, 0.3) is 0 Å². The van der Waals surface area contributed by atoms with E-state index >= 15 is 0 Å². The fourth-order valence-electron chi connectivity index (χ4n) is 2.20. The molecule has 0 spiro atoms. The van der Waals surface area contributed by atoms with Crippen molar-refractivity contribution in [1.29, 1.82) is 0 Å². The van der Waals surface area contributed by atoms with Crippen LogP contribution in [0.2, 0.25) is 0 Å². The predicted molar refractivity (Wildman–Crippen MR) is 90.2 cm³/mol. The minimum absolute atomic E-state index is 0.0764. The lowest BCUT2D eigenvalue weighted by Gasteiger charge is -2.17. The summed E-state index contributed by atoms with van der Waals surface area (Å²) in [5.74, 6) is 0.868. The van der Waals surface area contributed by atoms with Crippen molar-refractivity contribution in [2.75, 3.05) is 7.11 Å². The van der Waals surface area contributed by atoms with Gasteiger partial charge in [-0.2, -0.15) is 0 Å². The second kappa shape index (κ2) is 6.74. The van der Waals surface area contributed by atoms with Crippen molar-refractivity contribution >= 4 is 31.9 Å². The molecule has 0 aliphatic rings. The van der Waals surface area contributed by atoms with E-state index in [0.29, 0.717) is 0 Å². The summed E-state index contributed by atoms with van der Waals surface area (Å²) in [6.45, 7) is 2.07. The van der Waals surface area contributed by atoms with Crippen molar-refractivity contribution in [1.82, 2.24) is 0 Å². The summed E-state index contributed by atoms with van der Waals surface area (Å²) >= 11 is 7.07. The van der Waals surface area contributed by atoms with Crippen LogP contribution in [0.1, 0.15) is 22.7 Å². The summed E-state index contributed by atoms with van der Waals surface area (Å²) in [5, 5.41) is 0. The molecule has 1 atom stereocenters. The molecule has 106 valence electrons. The SMILES string of the molecule is COc1ccc(Br)cc1CC(N)c1cc(C)ccc1Br. The van der Waals surface area contributed by atoms with E-state index in [1.54, 1.807) is 7.11 Å². The number of nitrogens with two attached hydrogens (primary N) is 1. The number of rotatable bonds is 4. The molecule has 0 aliphatic heterocycles. The highest BCUT2D eigenvalue weighted by Gasteiger charge is 2.14. The Hall–Kier alpha value is -0.840. The van der Waals surface area contributed by atoms with Gasteiger partial charge in [0.15, 0.2) is 0 Å². The predicted octanol–water partition coefficient (Wildman–Crippen LogP) is 4.77. The Balaban J connectivity index is 2.29. The monoisotopic (exact) mass is 397 g/mol. The molecule has 2 N–H and O–H groups in total. The molecular formula is C16H17Br2NO. The van der Waals surface area contributed by atoms with Gasteiger partial charge in [-0.15, -0.1) is 0 Å². The molecule has 2 rings (SSSR count). The van der Waals surface area contributed by atoms with Crippen LogP contribution in [0.15, 0.2) is 45.3 Å². The van der Waals surface area contributed by atoms with Crippen LogP contribution in [-0.2, 0) is 6.42 Å². The van der Waals surface area contributed by atoms with E-state index < -0.39 is 0 Å². The first-order valence-corrected chi connectivity index (χ1v) is 7.94. The van der Waals surface area contributed by atoms with E-state index in [-0.39, 0.29) is 6.04 Å². The standard InChI is InChI=1S/C16H17Br2NO/c1-10-3-5-14(18)13(7-10)15(19)9-11-8-12(17)4-6-16(11)20-2/h3-8,15H,9,19H2,1-2H3. The highest BCUT2D eigenvalue weighted by molar-refractivity contribution is 9.10. The van der Waals surface area contributed by atoms with Gasteiger partial charge in [0.25, 0.3) is 0 Å². The molecule has 0 aromatic heterocycles. The summed E-state index contributed by atoms with van der Waals surface area (Å²) in [7, 11) is 1.68. The van der Waals surface area contributed by atoms with Crippen LogP contribution in [0, 0.1) is 6.92 Å². The first-order valence-electron chi connectivity index (χ1n) is 6.35. The molecule has 4 heteroatoms. The molecule has 0 fully saturated rings. The number of methoxy groups -OCH3 is 1. The molecular weight excluding hydrogens is 382 g/mol. The summed E-state index contributed by atoms with van der Waals surface area (Å²) in [5.41, 5.74) is 9.80. The van der Waals surface area contributed by atoms with E-state index in [1.165, 1.54) is 5.56 Å². The van der Waals surface area contributed by atoms with E-state index in [0.717, 1.165) is 32.2 Å². The van der Waals surface area contributed by atoms with Gasteiger partial charge in [0, 0.05) is 15.0 Å². The molecule has 2 aromatic carbocycles. The van der Waals surface area contributed by atoms with E-state index in [9.17, 15) is 0 Å². The minimum Gasteiger partial charge on any atom is -0.496 e. The zero-order chi connectivity index (χ0) is 14.7. The highest BCUT2D eigenvalue weighted by Crippen LogP contribution is 2.30. The minimum atomic E-state index is -0.0764. The molecule has 2 aromatic rings. The fourth-order valence-corrected chi connectivity index (χ4v) is 3.15. The average Bonchev–Trinajstić information content (AvgIpc) is 2.41. The number of aryl methyl sites for hydroxylation is 1. The molecule has 0 saturated carbocycles. The highest BCUT2D eigenvalue weighted by atomic mass is 79.9. The Bertz CT molecular complexity index is 613. The van der Waals surface area contributed by atoms with Gasteiger partial charge >= 0.3 is 0 Å². The third kappa shape index (κ3) is 3.62. The summed E-state index contributed by atoms with van der Waals surface area (Å²) in [6, 6.07) is 12.1. The topological polar surface area (TPSA) is 35.2 Å². The number of halogens is 2. The van der Waals surface area contributed by atoms with Crippen LogP contribution in [0.5, 0.6) is 5.75 Å². The maximum atomic E-state index is 6.37. The van der Waals surface area contributed by atoms with Gasteiger partial charge in [-0.1, -0.05) is 49.6 Å². The molecule has 1 unspecified atom stereocenters. The summed E-state index contributed by atoms with van der Waals surface area (Å²) in [4.78, 5) is 0. The zero-order valence-electron chi connectivity index (χ0n) is 11.5. The Morgan fingerprint density at radius 1 is 1.15 bits per heavy atom. The zero-order valence-corrected chi connectivity index (χ0v) is 14.7. The van der Waals surface area contributed by atoms with Gasteiger partial charge in [-0.3, -0.25) is 0 Å². The Morgan fingerprint density at radius 3 is 2.60 bits per heavy atom. The Kier molecular flexibility index (Phi) is 5.24. The second-order valence-corrected chi connectivity index (χ2v) is 6.56. The van der Waals surface area contributed by atoms with Crippen LogP contribution in [0.4, 0.5) is 0 Å².